The van der Waals surface area contributed by atoms with Crippen molar-refractivity contribution in [3.63, 3.8) is 0 Å². The highest BCUT2D eigenvalue weighted by Gasteiger charge is 2.10. The van der Waals surface area contributed by atoms with Gasteiger partial charge in [0.15, 0.2) is 0 Å². The first kappa shape index (κ1) is 28.0. The number of unbranched alkanes of at least 4 members (excludes halogenated alkanes) is 14. The van der Waals surface area contributed by atoms with Crippen LogP contribution in [0.3, 0.4) is 0 Å². The molecule has 6 heteroatoms. The van der Waals surface area contributed by atoms with E-state index < -0.39 is 10.4 Å². The Morgan fingerprint density at radius 1 is 0.500 bits per heavy atom. The molecule has 0 saturated carbocycles. The quantitative estimate of drug-likeness (QED) is 0.231. The van der Waals surface area contributed by atoms with E-state index in [-0.39, 0.29) is 19.4 Å². The fraction of sp³-hybridized carbons (Fsp3) is 1.00. The molecule has 0 bridgehead atoms. The Balaban J connectivity index is 0. The third-order valence-corrected chi connectivity index (χ3v) is 5.36. The minimum absolute atomic E-state index is 0. The Bertz CT molecular complexity index is 361. The van der Waals surface area contributed by atoms with Gasteiger partial charge in [0, 0.05) is 0 Å². The van der Waals surface area contributed by atoms with E-state index in [0.717, 1.165) is 38.5 Å². The van der Waals surface area contributed by atoms with Crippen molar-refractivity contribution < 1.29 is 16.8 Å². The first-order valence-electron chi connectivity index (χ1n) is 10.7. The molecule has 0 aliphatic heterocycles. The average molecular weight is 396 g/mol. The highest BCUT2D eigenvalue weighted by atomic mass is 32.3. The predicted octanol–water partition coefficient (Wildman–Crippen LogP) is 6.71. The zero-order chi connectivity index (χ0) is 18.6. The molecule has 0 heterocycles. The first-order chi connectivity index (χ1) is 12.1. The normalized spacial score (nSPS) is 11.5. The Labute approximate surface area is 163 Å². The molecule has 0 fully saturated rings. The molecule has 0 aromatic heterocycles. The van der Waals surface area contributed by atoms with Gasteiger partial charge in [0.25, 0.3) is 0 Å². The summed E-state index contributed by atoms with van der Waals surface area (Å²) in [4.78, 5) is 0. The van der Waals surface area contributed by atoms with Crippen LogP contribution in [0.15, 0.2) is 0 Å². The van der Waals surface area contributed by atoms with Gasteiger partial charge in [-0.1, -0.05) is 104 Å². The number of rotatable bonds is 20. The molecule has 0 aromatic carbocycles. The topological polar surface area (TPSA) is 87.6 Å². The predicted molar refractivity (Wildman–Crippen MR) is 111 cm³/mol. The summed E-state index contributed by atoms with van der Waals surface area (Å²) in [6.45, 7) is 4.91. The van der Waals surface area contributed by atoms with Crippen molar-refractivity contribution in [1.29, 1.82) is 0 Å². The molecule has 0 aliphatic rings. The third kappa shape index (κ3) is 21.9. The van der Waals surface area contributed by atoms with Crippen molar-refractivity contribution >= 4 is 10.4 Å². The van der Waals surface area contributed by atoms with E-state index >= 15 is 0 Å². The SMILES string of the molecule is CCCCCCCCCCCCOS(=O)(=O)OCCCCCCCC.N. The Hall–Kier alpha value is -0.170. The molecule has 0 amide bonds. The Morgan fingerprint density at radius 3 is 1.08 bits per heavy atom. The molecular formula is C20H45NO4S. The van der Waals surface area contributed by atoms with E-state index in [1.807, 2.05) is 0 Å². The summed E-state index contributed by atoms with van der Waals surface area (Å²) in [7, 11) is -3.79. The molecule has 3 N–H and O–H groups in total. The summed E-state index contributed by atoms with van der Waals surface area (Å²) in [6, 6.07) is 0. The molecule has 0 aromatic rings. The minimum atomic E-state index is -3.79. The van der Waals surface area contributed by atoms with E-state index in [0.29, 0.717) is 0 Å². The first-order valence-corrected chi connectivity index (χ1v) is 12.0. The van der Waals surface area contributed by atoms with Gasteiger partial charge in [-0.3, -0.25) is 0 Å². The zero-order valence-corrected chi connectivity index (χ0v) is 18.3. The van der Waals surface area contributed by atoms with Crippen LogP contribution in [0.4, 0.5) is 0 Å². The highest BCUT2D eigenvalue weighted by molar-refractivity contribution is 7.81. The van der Waals surface area contributed by atoms with Crippen molar-refractivity contribution in [2.45, 2.75) is 117 Å². The van der Waals surface area contributed by atoms with Crippen LogP contribution in [0.1, 0.15) is 117 Å². The van der Waals surface area contributed by atoms with Gasteiger partial charge in [-0.05, 0) is 12.8 Å². The molecule has 0 unspecified atom stereocenters. The monoisotopic (exact) mass is 395 g/mol. The van der Waals surface area contributed by atoms with Crippen LogP contribution in [0, 0.1) is 0 Å². The maximum Gasteiger partial charge on any atom is 0.399 e. The van der Waals surface area contributed by atoms with Crippen LogP contribution in [0.25, 0.3) is 0 Å². The maximum atomic E-state index is 11.6. The van der Waals surface area contributed by atoms with Crippen LogP contribution in [0.2, 0.25) is 0 Å². The second-order valence-electron chi connectivity index (χ2n) is 7.00. The lowest BCUT2D eigenvalue weighted by Gasteiger charge is -2.06. The summed E-state index contributed by atoms with van der Waals surface area (Å²) >= 11 is 0. The lowest BCUT2D eigenvalue weighted by atomic mass is 10.1. The van der Waals surface area contributed by atoms with E-state index in [2.05, 4.69) is 13.8 Å². The molecule has 5 nitrogen and oxygen atoms in total. The standard InChI is InChI=1S/C20H42O4S.H3N/c1-3-5-7-9-11-12-13-14-16-18-20-24-25(21,22)23-19-17-15-10-8-6-4-2;/h3-20H2,1-2H3;1H3. The van der Waals surface area contributed by atoms with Crippen molar-refractivity contribution in [1.82, 2.24) is 6.15 Å². The molecule has 0 saturated heterocycles. The van der Waals surface area contributed by atoms with E-state index in [4.69, 9.17) is 8.37 Å². The van der Waals surface area contributed by atoms with Gasteiger partial charge in [-0.25, -0.2) is 8.37 Å². The van der Waals surface area contributed by atoms with Gasteiger partial charge >= 0.3 is 10.4 Å². The average Bonchev–Trinajstić information content (AvgIpc) is 2.59. The molecular weight excluding hydrogens is 350 g/mol. The van der Waals surface area contributed by atoms with Crippen LogP contribution in [-0.4, -0.2) is 21.6 Å². The van der Waals surface area contributed by atoms with E-state index in [9.17, 15) is 8.42 Å². The summed E-state index contributed by atoms with van der Waals surface area (Å²) in [5.41, 5.74) is 0. The van der Waals surface area contributed by atoms with Gasteiger partial charge < -0.3 is 6.15 Å². The van der Waals surface area contributed by atoms with E-state index in [1.54, 1.807) is 0 Å². The van der Waals surface area contributed by atoms with Gasteiger partial charge in [0.05, 0.1) is 13.2 Å². The minimum Gasteiger partial charge on any atom is -0.344 e. The summed E-state index contributed by atoms with van der Waals surface area (Å²) < 4.78 is 32.9. The second-order valence-corrected chi connectivity index (χ2v) is 8.29. The van der Waals surface area contributed by atoms with Crippen LogP contribution in [0.5, 0.6) is 0 Å². The van der Waals surface area contributed by atoms with Crippen LogP contribution in [-0.2, 0) is 18.8 Å². The molecule has 0 atom stereocenters. The maximum absolute atomic E-state index is 11.6. The van der Waals surface area contributed by atoms with Gasteiger partial charge in [0.1, 0.15) is 0 Å². The second kappa shape index (κ2) is 21.1. The van der Waals surface area contributed by atoms with E-state index in [1.165, 1.54) is 64.2 Å². The number of hydrogen-bond donors (Lipinski definition) is 1. The van der Waals surface area contributed by atoms with Crippen LogP contribution >= 0.6 is 0 Å². The lowest BCUT2D eigenvalue weighted by molar-refractivity contribution is 0.208. The molecule has 26 heavy (non-hydrogen) atoms. The third-order valence-electron chi connectivity index (χ3n) is 4.45. The zero-order valence-electron chi connectivity index (χ0n) is 17.5. The largest absolute Gasteiger partial charge is 0.399 e. The fourth-order valence-electron chi connectivity index (χ4n) is 2.83. The molecule has 0 rings (SSSR count). The van der Waals surface area contributed by atoms with Gasteiger partial charge in [0.2, 0.25) is 0 Å². The number of hydrogen-bond acceptors (Lipinski definition) is 5. The summed E-state index contributed by atoms with van der Waals surface area (Å²) in [5.74, 6) is 0. The smallest absolute Gasteiger partial charge is 0.344 e. The molecule has 0 aliphatic carbocycles. The van der Waals surface area contributed by atoms with Gasteiger partial charge in [-0.2, -0.15) is 8.42 Å². The summed E-state index contributed by atoms with van der Waals surface area (Å²) in [6.07, 6.45) is 18.9. The van der Waals surface area contributed by atoms with Crippen molar-refractivity contribution in [3.05, 3.63) is 0 Å². The molecule has 0 spiro atoms. The Kier molecular flexibility index (Phi) is 22.8. The van der Waals surface area contributed by atoms with Crippen molar-refractivity contribution in [2.75, 3.05) is 13.2 Å². The molecule has 160 valence electrons. The Morgan fingerprint density at radius 2 is 0.769 bits per heavy atom. The fourth-order valence-corrected chi connectivity index (χ4v) is 3.54. The lowest BCUT2D eigenvalue weighted by Crippen LogP contribution is -2.12. The van der Waals surface area contributed by atoms with Gasteiger partial charge in [-0.15, -0.1) is 0 Å². The summed E-state index contributed by atoms with van der Waals surface area (Å²) in [5, 5.41) is 0. The van der Waals surface area contributed by atoms with Crippen molar-refractivity contribution in [2.24, 2.45) is 0 Å². The highest BCUT2D eigenvalue weighted by Crippen LogP contribution is 2.11. The van der Waals surface area contributed by atoms with Crippen molar-refractivity contribution in [3.8, 4) is 0 Å². The van der Waals surface area contributed by atoms with Crippen LogP contribution < -0.4 is 6.15 Å². The molecule has 0 radical (unpaired) electrons.